The summed E-state index contributed by atoms with van der Waals surface area (Å²) in [6, 6.07) is 6.75. The van der Waals surface area contributed by atoms with Crippen LogP contribution < -0.4 is 0 Å². The number of carbonyl (C=O) groups is 1. The number of fused-ring (bicyclic) bond motifs is 1. The molecule has 0 aliphatic carbocycles. The largest absolute Gasteiger partial charge is 0.444 e. The van der Waals surface area contributed by atoms with Gasteiger partial charge in [0.05, 0.1) is 35.2 Å². The van der Waals surface area contributed by atoms with Crippen molar-refractivity contribution in [2.45, 2.75) is 77.7 Å². The predicted molar refractivity (Wildman–Crippen MR) is 147 cm³/mol. The van der Waals surface area contributed by atoms with Crippen molar-refractivity contribution >= 4 is 41.1 Å². The van der Waals surface area contributed by atoms with Crippen molar-refractivity contribution in [2.75, 3.05) is 13.2 Å². The Balaban J connectivity index is 1.68. The van der Waals surface area contributed by atoms with E-state index in [4.69, 9.17) is 19.4 Å². The molecule has 10 heteroatoms. The first-order chi connectivity index (χ1) is 16.9. The highest BCUT2D eigenvalue weighted by molar-refractivity contribution is 9.10. The first-order valence-electron chi connectivity index (χ1n) is 12.5. The van der Waals surface area contributed by atoms with Crippen molar-refractivity contribution in [3.8, 4) is 11.4 Å². The van der Waals surface area contributed by atoms with E-state index in [1.807, 2.05) is 49.7 Å². The molecule has 2 aromatic heterocycles. The molecule has 0 saturated carbocycles. The van der Waals surface area contributed by atoms with Crippen LogP contribution in [0, 0.1) is 0 Å². The Morgan fingerprint density at radius 2 is 1.94 bits per heavy atom. The van der Waals surface area contributed by atoms with E-state index in [0.29, 0.717) is 19.9 Å². The van der Waals surface area contributed by atoms with Crippen LogP contribution in [0.2, 0.25) is 25.7 Å². The van der Waals surface area contributed by atoms with E-state index in [0.717, 1.165) is 51.6 Å². The fraction of sp³-hybridized carbons (Fsp3) is 0.538. The summed E-state index contributed by atoms with van der Waals surface area (Å²) in [4.78, 5) is 29.1. The number of nitrogens with zero attached hydrogens (tertiary/aromatic N) is 5. The van der Waals surface area contributed by atoms with Crippen LogP contribution >= 0.6 is 15.9 Å². The minimum Gasteiger partial charge on any atom is -0.444 e. The SMILES string of the molecule is CC(C)(C)OC(=O)N1CCC[C@H]1c1ncc(-c2cnc3cc(Br)ccc3n2)n1COCC[Si](C)(C)C. The van der Waals surface area contributed by atoms with Gasteiger partial charge in [0.25, 0.3) is 0 Å². The molecule has 1 fully saturated rings. The van der Waals surface area contributed by atoms with Gasteiger partial charge in [-0.05, 0) is 57.9 Å². The molecule has 4 rings (SSSR count). The summed E-state index contributed by atoms with van der Waals surface area (Å²) in [6.45, 7) is 14.3. The maximum absolute atomic E-state index is 13.0. The van der Waals surface area contributed by atoms with Crippen LogP contribution in [-0.4, -0.2) is 57.3 Å². The number of likely N-dealkylation sites (tertiary alicyclic amines) is 1. The molecule has 1 aliphatic rings. The Bertz CT molecular complexity index is 1230. The van der Waals surface area contributed by atoms with E-state index in [1.165, 1.54) is 0 Å². The minimum atomic E-state index is -1.23. The number of rotatable bonds is 7. The molecule has 0 radical (unpaired) electrons. The van der Waals surface area contributed by atoms with Crippen LogP contribution in [-0.2, 0) is 16.2 Å². The first-order valence-corrected chi connectivity index (χ1v) is 17.0. The Kier molecular flexibility index (Phi) is 7.87. The number of amides is 1. The van der Waals surface area contributed by atoms with Gasteiger partial charge < -0.3 is 14.0 Å². The molecular weight excluding hydrogens is 538 g/mol. The lowest BCUT2D eigenvalue weighted by Gasteiger charge is -2.29. The number of ether oxygens (including phenoxy) is 2. The third-order valence-electron chi connectivity index (χ3n) is 6.05. The van der Waals surface area contributed by atoms with Crippen LogP contribution in [0.4, 0.5) is 4.79 Å². The Hall–Kier alpha value is -2.30. The number of hydrogen-bond donors (Lipinski definition) is 0. The molecule has 0 bridgehead atoms. The smallest absolute Gasteiger partial charge is 0.410 e. The number of halogens is 1. The average molecular weight is 575 g/mol. The third kappa shape index (κ3) is 6.52. The molecular formula is C26H36BrN5O3Si. The van der Waals surface area contributed by atoms with Crippen LogP contribution in [0.3, 0.4) is 0 Å². The fourth-order valence-corrected chi connectivity index (χ4v) is 5.32. The van der Waals surface area contributed by atoms with Gasteiger partial charge in [-0.1, -0.05) is 35.6 Å². The van der Waals surface area contributed by atoms with Gasteiger partial charge in [0.15, 0.2) is 0 Å². The van der Waals surface area contributed by atoms with Crippen molar-refractivity contribution in [3.05, 3.63) is 40.9 Å². The molecule has 3 aromatic rings. The summed E-state index contributed by atoms with van der Waals surface area (Å²) in [5.41, 5.74) is 2.62. The first kappa shape index (κ1) is 26.8. The van der Waals surface area contributed by atoms with Crippen molar-refractivity contribution in [3.63, 3.8) is 0 Å². The van der Waals surface area contributed by atoms with Crippen molar-refractivity contribution in [1.29, 1.82) is 0 Å². The zero-order valence-electron chi connectivity index (χ0n) is 22.0. The van der Waals surface area contributed by atoms with Gasteiger partial charge in [0.1, 0.15) is 23.9 Å². The second-order valence-corrected chi connectivity index (χ2v) is 18.0. The van der Waals surface area contributed by atoms with Crippen LogP contribution in [0.5, 0.6) is 0 Å². The lowest BCUT2D eigenvalue weighted by Crippen LogP contribution is -2.37. The summed E-state index contributed by atoms with van der Waals surface area (Å²) < 4.78 is 14.9. The molecule has 1 aliphatic heterocycles. The van der Waals surface area contributed by atoms with Gasteiger partial charge in [-0.15, -0.1) is 0 Å². The summed E-state index contributed by atoms with van der Waals surface area (Å²) in [6.07, 6.45) is 5.00. The van der Waals surface area contributed by atoms with Crippen LogP contribution in [0.15, 0.2) is 35.1 Å². The summed E-state index contributed by atoms with van der Waals surface area (Å²) >= 11 is 3.49. The average Bonchev–Trinajstić information content (AvgIpc) is 3.41. The van der Waals surface area contributed by atoms with Gasteiger partial charge in [0, 0.05) is 25.7 Å². The zero-order chi connectivity index (χ0) is 26.1. The normalized spacial score (nSPS) is 16.6. The van der Waals surface area contributed by atoms with Crippen molar-refractivity contribution in [1.82, 2.24) is 24.4 Å². The maximum atomic E-state index is 13.0. The van der Waals surface area contributed by atoms with E-state index in [2.05, 4.69) is 40.6 Å². The van der Waals surface area contributed by atoms with Crippen molar-refractivity contribution in [2.24, 2.45) is 0 Å². The van der Waals surface area contributed by atoms with Gasteiger partial charge in [-0.2, -0.15) is 0 Å². The predicted octanol–water partition coefficient (Wildman–Crippen LogP) is 6.64. The van der Waals surface area contributed by atoms with Gasteiger partial charge >= 0.3 is 6.09 Å². The quantitative estimate of drug-likeness (QED) is 0.232. The van der Waals surface area contributed by atoms with Gasteiger partial charge in [-0.25, -0.2) is 14.8 Å². The van der Waals surface area contributed by atoms with E-state index in [1.54, 1.807) is 11.1 Å². The highest BCUT2D eigenvalue weighted by Crippen LogP contribution is 2.35. The molecule has 3 heterocycles. The molecule has 0 unspecified atom stereocenters. The molecule has 8 nitrogen and oxygen atoms in total. The monoisotopic (exact) mass is 573 g/mol. The molecule has 1 aromatic carbocycles. The van der Waals surface area contributed by atoms with Gasteiger partial charge in [0.2, 0.25) is 0 Å². The molecule has 36 heavy (non-hydrogen) atoms. The standard InChI is InChI=1S/C26H36BrN5O3Si/c1-26(2,3)35-25(33)31-11-7-8-22(31)24-29-16-23(32(24)17-34-12-13-36(4,5)6)21-15-28-20-14-18(27)9-10-19(20)30-21/h9-10,14-16,22H,7-8,11-13,17H2,1-6H3/t22-/m0/s1. The lowest BCUT2D eigenvalue weighted by atomic mass is 10.2. The van der Waals surface area contributed by atoms with E-state index in [-0.39, 0.29) is 12.1 Å². The van der Waals surface area contributed by atoms with Crippen LogP contribution in [0.25, 0.3) is 22.4 Å². The molecule has 0 N–H and O–H groups in total. The molecule has 1 amide bonds. The molecule has 1 atom stereocenters. The second kappa shape index (κ2) is 10.6. The van der Waals surface area contributed by atoms with Crippen molar-refractivity contribution < 1.29 is 14.3 Å². The highest BCUT2D eigenvalue weighted by Gasteiger charge is 2.36. The maximum Gasteiger partial charge on any atom is 0.410 e. The van der Waals surface area contributed by atoms with E-state index >= 15 is 0 Å². The Labute approximate surface area is 222 Å². The van der Waals surface area contributed by atoms with E-state index < -0.39 is 13.7 Å². The Morgan fingerprint density at radius 1 is 1.17 bits per heavy atom. The zero-order valence-corrected chi connectivity index (χ0v) is 24.6. The molecule has 1 saturated heterocycles. The molecule has 0 spiro atoms. The summed E-state index contributed by atoms with van der Waals surface area (Å²) in [5, 5.41) is 0. The Morgan fingerprint density at radius 3 is 2.67 bits per heavy atom. The topological polar surface area (TPSA) is 82.4 Å². The van der Waals surface area contributed by atoms with E-state index in [9.17, 15) is 4.79 Å². The number of imidazole rings is 1. The third-order valence-corrected chi connectivity index (χ3v) is 8.25. The number of hydrogen-bond acceptors (Lipinski definition) is 6. The second-order valence-electron chi connectivity index (χ2n) is 11.5. The molecule has 194 valence electrons. The highest BCUT2D eigenvalue weighted by atomic mass is 79.9. The minimum absolute atomic E-state index is 0.182. The van der Waals surface area contributed by atoms with Crippen LogP contribution in [0.1, 0.15) is 45.5 Å². The fourth-order valence-electron chi connectivity index (χ4n) is 4.21. The number of carbonyl (C=O) groups excluding carboxylic acids is 1. The lowest BCUT2D eigenvalue weighted by molar-refractivity contribution is 0.0204. The number of aromatic nitrogens is 4. The van der Waals surface area contributed by atoms with Gasteiger partial charge in [-0.3, -0.25) is 9.88 Å². The number of benzene rings is 1. The summed E-state index contributed by atoms with van der Waals surface area (Å²) in [5.74, 6) is 0.791. The summed E-state index contributed by atoms with van der Waals surface area (Å²) in [7, 11) is -1.23.